The summed E-state index contributed by atoms with van der Waals surface area (Å²) in [7, 11) is 0. The van der Waals surface area contributed by atoms with Gasteiger partial charge >= 0.3 is 0 Å². The normalized spacial score (nSPS) is 15.3. The van der Waals surface area contributed by atoms with Crippen LogP contribution in [0.4, 0.5) is 5.82 Å². The second kappa shape index (κ2) is 6.83. The van der Waals surface area contributed by atoms with E-state index in [1.807, 2.05) is 18.2 Å². The van der Waals surface area contributed by atoms with E-state index in [-0.39, 0.29) is 18.2 Å². The number of ketones is 1. The fourth-order valence-electron chi connectivity index (χ4n) is 3.28. The van der Waals surface area contributed by atoms with Crippen molar-refractivity contribution in [3.63, 3.8) is 0 Å². The van der Waals surface area contributed by atoms with E-state index in [1.54, 1.807) is 17.4 Å². The molecule has 0 radical (unpaired) electrons. The maximum absolute atomic E-state index is 12.8. The molecule has 3 aromatic rings. The van der Waals surface area contributed by atoms with Crippen LogP contribution in [0.25, 0.3) is 10.9 Å². The van der Waals surface area contributed by atoms with Gasteiger partial charge in [-0.25, -0.2) is 9.97 Å². The van der Waals surface area contributed by atoms with E-state index >= 15 is 0 Å². The number of nitrogen functional groups attached to an aromatic ring is 1. The molecule has 0 fully saturated rings. The standard InChI is InChI=1S/C19H17N5OS/c20-9-14(19-22-15-4-2-1-3-13(15)18(21)23-19)16(25)11-24-7-5-17-12(10-24)6-8-26-17/h1-4,6,8,14H,5,7,10-11H2,(H2,21,22,23). The Morgan fingerprint density at radius 1 is 1.35 bits per heavy atom. The van der Waals surface area contributed by atoms with Crippen LogP contribution in [0.15, 0.2) is 35.7 Å². The molecule has 2 N–H and O–H groups in total. The van der Waals surface area contributed by atoms with Crippen LogP contribution in [-0.2, 0) is 17.8 Å². The number of rotatable bonds is 4. The number of aromatic nitrogens is 2. The molecule has 0 amide bonds. The van der Waals surface area contributed by atoms with Gasteiger partial charge in [0.25, 0.3) is 0 Å². The van der Waals surface area contributed by atoms with Gasteiger partial charge in [-0.3, -0.25) is 9.69 Å². The van der Waals surface area contributed by atoms with Crippen LogP contribution in [0.2, 0.25) is 0 Å². The maximum Gasteiger partial charge on any atom is 0.171 e. The molecule has 130 valence electrons. The lowest BCUT2D eigenvalue weighted by atomic mass is 10.0. The molecule has 0 spiro atoms. The minimum atomic E-state index is -1.01. The highest BCUT2D eigenvalue weighted by molar-refractivity contribution is 7.10. The molecular formula is C19H17N5OS. The van der Waals surface area contributed by atoms with Crippen molar-refractivity contribution >= 4 is 33.8 Å². The van der Waals surface area contributed by atoms with Gasteiger partial charge in [-0.1, -0.05) is 12.1 Å². The molecule has 0 saturated carbocycles. The number of nitrogens with two attached hydrogens (primary N) is 1. The Labute approximate surface area is 154 Å². The number of para-hydroxylation sites is 1. The molecule has 1 aliphatic rings. The highest BCUT2D eigenvalue weighted by Gasteiger charge is 2.27. The number of hydrogen-bond donors (Lipinski definition) is 1. The zero-order chi connectivity index (χ0) is 18.1. The number of benzene rings is 1. The van der Waals surface area contributed by atoms with E-state index in [4.69, 9.17) is 5.73 Å². The van der Waals surface area contributed by atoms with E-state index in [0.29, 0.717) is 11.3 Å². The SMILES string of the molecule is N#CC(C(=O)CN1CCc2sccc2C1)c1nc(N)c2ccccc2n1. The molecular weight excluding hydrogens is 346 g/mol. The number of carbonyl (C=O) groups excluding carboxylic acids is 1. The van der Waals surface area contributed by atoms with E-state index in [1.165, 1.54) is 10.4 Å². The van der Waals surface area contributed by atoms with Gasteiger partial charge in [-0.2, -0.15) is 5.26 Å². The maximum atomic E-state index is 12.8. The predicted molar refractivity (Wildman–Crippen MR) is 101 cm³/mol. The van der Waals surface area contributed by atoms with E-state index in [0.717, 1.165) is 24.9 Å². The molecule has 1 unspecified atom stereocenters. The van der Waals surface area contributed by atoms with Crippen molar-refractivity contribution in [2.24, 2.45) is 0 Å². The largest absolute Gasteiger partial charge is 0.383 e. The molecule has 2 aromatic heterocycles. The second-order valence-corrected chi connectivity index (χ2v) is 7.34. The number of Topliss-reactive ketones (excluding diaryl/α,β-unsaturated/α-hetero) is 1. The van der Waals surface area contributed by atoms with Gasteiger partial charge in [0.1, 0.15) is 5.82 Å². The predicted octanol–water partition coefficient (Wildman–Crippen LogP) is 2.51. The Hall–Kier alpha value is -2.82. The van der Waals surface area contributed by atoms with Gasteiger partial charge in [0.2, 0.25) is 0 Å². The summed E-state index contributed by atoms with van der Waals surface area (Å²) in [6, 6.07) is 11.5. The Bertz CT molecular complexity index is 1020. The number of carbonyl (C=O) groups is 1. The lowest BCUT2D eigenvalue weighted by molar-refractivity contribution is -0.120. The topological polar surface area (TPSA) is 95.9 Å². The summed E-state index contributed by atoms with van der Waals surface area (Å²) < 4.78 is 0. The van der Waals surface area contributed by atoms with Gasteiger partial charge < -0.3 is 5.73 Å². The van der Waals surface area contributed by atoms with Crippen LogP contribution in [0.3, 0.4) is 0 Å². The molecule has 7 heteroatoms. The van der Waals surface area contributed by atoms with E-state index in [9.17, 15) is 10.1 Å². The highest BCUT2D eigenvalue weighted by Crippen LogP contribution is 2.25. The summed E-state index contributed by atoms with van der Waals surface area (Å²) in [5.41, 5.74) is 7.91. The number of nitrogens with zero attached hydrogens (tertiary/aromatic N) is 4. The first-order valence-electron chi connectivity index (χ1n) is 8.38. The summed E-state index contributed by atoms with van der Waals surface area (Å²) in [4.78, 5) is 24.8. The third-order valence-electron chi connectivity index (χ3n) is 4.63. The molecule has 0 saturated heterocycles. The fraction of sp³-hybridized carbons (Fsp3) is 0.263. The number of thiophene rings is 1. The van der Waals surface area contributed by atoms with Gasteiger partial charge in [0.15, 0.2) is 17.5 Å². The Kier molecular flexibility index (Phi) is 4.37. The minimum absolute atomic E-state index is 0.182. The smallest absolute Gasteiger partial charge is 0.171 e. The average Bonchev–Trinajstić information content (AvgIpc) is 3.10. The summed E-state index contributed by atoms with van der Waals surface area (Å²) in [6.45, 7) is 1.77. The van der Waals surface area contributed by atoms with Crippen LogP contribution in [0.5, 0.6) is 0 Å². The molecule has 1 aromatic carbocycles. The van der Waals surface area contributed by atoms with E-state index < -0.39 is 5.92 Å². The lowest BCUT2D eigenvalue weighted by Crippen LogP contribution is -2.36. The van der Waals surface area contributed by atoms with Crippen LogP contribution < -0.4 is 5.73 Å². The first-order valence-corrected chi connectivity index (χ1v) is 9.26. The summed E-state index contributed by atoms with van der Waals surface area (Å²) >= 11 is 1.76. The zero-order valence-corrected chi connectivity index (χ0v) is 14.9. The summed E-state index contributed by atoms with van der Waals surface area (Å²) in [6.07, 6.45) is 0.941. The van der Waals surface area contributed by atoms with Gasteiger partial charge in [-0.15, -0.1) is 11.3 Å². The van der Waals surface area contributed by atoms with Crippen LogP contribution in [0.1, 0.15) is 22.2 Å². The van der Waals surface area contributed by atoms with Crippen molar-refractivity contribution in [1.82, 2.24) is 14.9 Å². The summed E-state index contributed by atoms with van der Waals surface area (Å²) in [5, 5.41) is 12.4. The molecule has 6 nitrogen and oxygen atoms in total. The molecule has 0 aliphatic carbocycles. The van der Waals surface area contributed by atoms with Crippen LogP contribution in [-0.4, -0.2) is 33.7 Å². The number of fused-ring (bicyclic) bond motifs is 2. The first-order chi connectivity index (χ1) is 12.7. The van der Waals surface area contributed by atoms with Crippen molar-refractivity contribution in [1.29, 1.82) is 5.26 Å². The Balaban J connectivity index is 1.56. The van der Waals surface area contributed by atoms with Crippen LogP contribution >= 0.6 is 11.3 Å². The second-order valence-electron chi connectivity index (χ2n) is 6.34. The van der Waals surface area contributed by atoms with Crippen molar-refractivity contribution < 1.29 is 4.79 Å². The summed E-state index contributed by atoms with van der Waals surface area (Å²) in [5.74, 6) is -0.729. The van der Waals surface area contributed by atoms with Crippen LogP contribution in [0, 0.1) is 11.3 Å². The Morgan fingerprint density at radius 2 is 2.19 bits per heavy atom. The third-order valence-corrected chi connectivity index (χ3v) is 5.65. The molecule has 1 aliphatic heterocycles. The molecule has 1 atom stereocenters. The van der Waals surface area contributed by atoms with Gasteiger partial charge in [0, 0.05) is 23.4 Å². The van der Waals surface area contributed by atoms with E-state index in [2.05, 4.69) is 32.4 Å². The number of hydrogen-bond acceptors (Lipinski definition) is 7. The zero-order valence-electron chi connectivity index (χ0n) is 14.1. The van der Waals surface area contributed by atoms with Crippen molar-refractivity contribution in [3.05, 3.63) is 52.0 Å². The monoisotopic (exact) mass is 363 g/mol. The van der Waals surface area contributed by atoms with Crippen molar-refractivity contribution in [3.8, 4) is 6.07 Å². The minimum Gasteiger partial charge on any atom is -0.383 e. The molecule has 26 heavy (non-hydrogen) atoms. The fourth-order valence-corrected chi connectivity index (χ4v) is 4.17. The van der Waals surface area contributed by atoms with Gasteiger partial charge in [-0.05, 0) is 35.6 Å². The Morgan fingerprint density at radius 3 is 3.04 bits per heavy atom. The van der Waals surface area contributed by atoms with Crippen molar-refractivity contribution in [2.75, 3.05) is 18.8 Å². The number of nitriles is 1. The third kappa shape index (κ3) is 3.05. The first kappa shape index (κ1) is 16.6. The quantitative estimate of drug-likeness (QED) is 0.765. The van der Waals surface area contributed by atoms with Gasteiger partial charge in [0.05, 0.1) is 18.1 Å². The molecule has 0 bridgehead atoms. The molecule has 4 rings (SSSR count). The highest BCUT2D eigenvalue weighted by atomic mass is 32.1. The molecule has 3 heterocycles. The number of anilines is 1. The average molecular weight is 363 g/mol. The van der Waals surface area contributed by atoms with Crippen molar-refractivity contribution in [2.45, 2.75) is 18.9 Å². The lowest BCUT2D eigenvalue weighted by Gasteiger charge is -2.26.